The van der Waals surface area contributed by atoms with Gasteiger partial charge in [-0.3, -0.25) is 0 Å². The monoisotopic (exact) mass is 1090 g/mol. The fraction of sp³-hybridized carbons (Fsp3) is 0.358. The minimum atomic E-state index is -1.05. The van der Waals surface area contributed by atoms with Gasteiger partial charge in [-0.05, 0) is 65.1 Å². The van der Waals surface area contributed by atoms with Crippen molar-refractivity contribution in [1.82, 2.24) is 5.32 Å². The van der Waals surface area contributed by atoms with E-state index in [-0.39, 0.29) is 39.6 Å². The second-order valence-electron chi connectivity index (χ2n) is 20.1. The van der Waals surface area contributed by atoms with E-state index in [9.17, 15) is 4.79 Å². The Morgan fingerprint density at radius 2 is 0.775 bits per heavy atom. The molecule has 13 heteroatoms. The van der Waals surface area contributed by atoms with Crippen LogP contribution in [0.5, 0.6) is 0 Å². The Kier molecular flexibility index (Phi) is 23.2. The first-order valence-corrected chi connectivity index (χ1v) is 27.9. The van der Waals surface area contributed by atoms with E-state index in [1.54, 1.807) is 0 Å². The van der Waals surface area contributed by atoms with Crippen LogP contribution < -0.4 is 5.32 Å². The molecule has 1 N–H and O–H groups in total. The van der Waals surface area contributed by atoms with E-state index in [0.29, 0.717) is 39.2 Å². The second kappa shape index (κ2) is 32.0. The first-order valence-electron chi connectivity index (χ1n) is 27.9. The van der Waals surface area contributed by atoms with Crippen molar-refractivity contribution in [3.05, 3.63) is 251 Å². The predicted molar refractivity (Wildman–Crippen MR) is 303 cm³/mol. The molecular formula is C67H75NO12. The lowest BCUT2D eigenvalue weighted by atomic mass is 9.96. The molecule has 420 valence electrons. The summed E-state index contributed by atoms with van der Waals surface area (Å²) in [5.74, 6) is 0. The van der Waals surface area contributed by atoms with Crippen molar-refractivity contribution in [3.8, 4) is 0 Å². The highest BCUT2D eigenvalue weighted by atomic mass is 16.8. The van der Waals surface area contributed by atoms with Crippen molar-refractivity contribution in [2.24, 2.45) is 0 Å². The summed E-state index contributed by atoms with van der Waals surface area (Å²) in [7, 11) is 0. The summed E-state index contributed by atoms with van der Waals surface area (Å²) in [5.41, 5.74) is 6.86. The minimum Gasteiger partial charge on any atom is -0.445 e. The van der Waals surface area contributed by atoms with Crippen LogP contribution in [0, 0.1) is 0 Å². The van der Waals surface area contributed by atoms with Gasteiger partial charge in [-0.2, -0.15) is 0 Å². The molecule has 10 atom stereocenters. The van der Waals surface area contributed by atoms with Crippen LogP contribution in [-0.2, 0) is 98.4 Å². The Labute approximate surface area is 471 Å². The summed E-state index contributed by atoms with van der Waals surface area (Å²) in [5, 5.41) is 2.88. The summed E-state index contributed by atoms with van der Waals surface area (Å²) >= 11 is 0. The number of nitrogens with one attached hydrogen (secondary N) is 1. The number of carbonyl (C=O) groups is 1. The maximum Gasteiger partial charge on any atom is 0.407 e. The number of unbranched alkanes of at least 4 members (excludes halogenated alkanes) is 2. The van der Waals surface area contributed by atoms with Gasteiger partial charge in [0.2, 0.25) is 0 Å². The van der Waals surface area contributed by atoms with Gasteiger partial charge in [0.25, 0.3) is 0 Å². The largest absolute Gasteiger partial charge is 0.445 e. The van der Waals surface area contributed by atoms with Crippen molar-refractivity contribution in [1.29, 1.82) is 0 Å². The fourth-order valence-corrected chi connectivity index (χ4v) is 9.78. The highest BCUT2D eigenvalue weighted by molar-refractivity contribution is 5.67. The zero-order valence-electron chi connectivity index (χ0n) is 45.6. The summed E-state index contributed by atoms with van der Waals surface area (Å²) in [6.45, 7) is 4.78. The highest BCUT2D eigenvalue weighted by Crippen LogP contribution is 2.37. The molecule has 2 heterocycles. The van der Waals surface area contributed by atoms with Crippen LogP contribution in [0.2, 0.25) is 0 Å². The zero-order valence-corrected chi connectivity index (χ0v) is 45.6. The molecule has 7 aromatic rings. The molecule has 80 heavy (non-hydrogen) atoms. The van der Waals surface area contributed by atoms with Gasteiger partial charge in [0.05, 0.1) is 52.4 Å². The lowest BCUT2D eigenvalue weighted by molar-refractivity contribution is -0.380. The van der Waals surface area contributed by atoms with Crippen LogP contribution in [0.4, 0.5) is 4.79 Å². The van der Waals surface area contributed by atoms with Gasteiger partial charge in [-0.1, -0.05) is 212 Å². The molecule has 1 amide bonds. The number of carbonyl (C=O) groups excluding carboxylic acids is 1. The van der Waals surface area contributed by atoms with Gasteiger partial charge in [0.15, 0.2) is 12.6 Å². The molecule has 13 nitrogen and oxygen atoms in total. The van der Waals surface area contributed by atoms with Gasteiger partial charge in [0.1, 0.15) is 49.3 Å². The standard InChI is InChI=1S/C67H75NO12/c1-50-59(72-43-52-28-12-3-13-29-52)61(74-45-54-32-16-5-17-33-54)63(76-47-56-36-20-7-21-37-56)66(78-50)80-64-62(75-46-55-34-18-6-19-35-55)60(73-44-53-30-14-4-15-31-53)58(49-70-42-51-26-10-2-11-27-51)79-65(64)71-41-25-9-24-40-68-67(69)77-48-57-38-22-8-23-39-57/h2-8,10-23,26-39,50,58-66H,9,24-25,40-49H2,1H3,(H,68,69)/t50?,58?,59-,60-,61+,62-,63?,64?,65+,66-/m0/s1. The number of hydrogen-bond acceptors (Lipinski definition) is 12. The van der Waals surface area contributed by atoms with Crippen LogP contribution in [0.15, 0.2) is 212 Å². The Hall–Kier alpha value is -6.59. The topological polar surface area (TPSA) is 131 Å². The van der Waals surface area contributed by atoms with Crippen LogP contribution in [0.25, 0.3) is 0 Å². The van der Waals surface area contributed by atoms with Crippen LogP contribution in [0.3, 0.4) is 0 Å². The van der Waals surface area contributed by atoms with E-state index in [2.05, 4.69) is 5.32 Å². The molecule has 4 unspecified atom stereocenters. The molecule has 0 radical (unpaired) electrons. The molecule has 2 fully saturated rings. The predicted octanol–water partition coefficient (Wildman–Crippen LogP) is 12.1. The molecule has 9 rings (SSSR count). The molecule has 7 aromatic carbocycles. The number of hydrogen-bond donors (Lipinski definition) is 1. The van der Waals surface area contributed by atoms with Crippen molar-refractivity contribution in [2.75, 3.05) is 19.8 Å². The first kappa shape index (κ1) is 58.1. The molecule has 0 aliphatic carbocycles. The summed E-state index contributed by atoms with van der Waals surface area (Å²) in [6, 6.07) is 69.9. The first-order chi connectivity index (χ1) is 39.5. The highest BCUT2D eigenvalue weighted by Gasteiger charge is 2.54. The lowest BCUT2D eigenvalue weighted by Crippen LogP contribution is -2.65. The number of benzene rings is 7. The normalized spacial score (nSPS) is 22.8. The van der Waals surface area contributed by atoms with Crippen molar-refractivity contribution in [2.45, 2.75) is 134 Å². The van der Waals surface area contributed by atoms with Gasteiger partial charge < -0.3 is 57.4 Å². The van der Waals surface area contributed by atoms with Crippen molar-refractivity contribution < 1.29 is 56.9 Å². The van der Waals surface area contributed by atoms with E-state index in [1.807, 2.05) is 219 Å². The molecule has 2 aliphatic heterocycles. The maximum atomic E-state index is 12.6. The number of alkyl carbamates (subject to hydrolysis) is 1. The Balaban J connectivity index is 1.02. The quantitative estimate of drug-likeness (QED) is 0.0430. The molecule has 0 bridgehead atoms. The maximum absolute atomic E-state index is 12.6. The Bertz CT molecular complexity index is 2770. The number of ether oxygens (including phenoxy) is 11. The third-order valence-electron chi connectivity index (χ3n) is 14.0. The fourth-order valence-electron chi connectivity index (χ4n) is 9.78. The van der Waals surface area contributed by atoms with E-state index < -0.39 is 67.5 Å². The third-order valence-corrected chi connectivity index (χ3v) is 14.0. The molecule has 0 aromatic heterocycles. The van der Waals surface area contributed by atoms with E-state index >= 15 is 0 Å². The number of amides is 1. The Morgan fingerprint density at radius 1 is 0.388 bits per heavy atom. The summed E-state index contributed by atoms with van der Waals surface area (Å²) in [4.78, 5) is 12.6. The summed E-state index contributed by atoms with van der Waals surface area (Å²) < 4.78 is 75.4. The zero-order chi connectivity index (χ0) is 54.8. The van der Waals surface area contributed by atoms with Gasteiger partial charge in [-0.25, -0.2) is 4.79 Å². The average Bonchev–Trinajstić information content (AvgIpc) is 3.52. The van der Waals surface area contributed by atoms with Crippen molar-refractivity contribution >= 4 is 6.09 Å². The van der Waals surface area contributed by atoms with E-state index in [0.717, 1.165) is 45.4 Å². The molecule has 0 spiro atoms. The van der Waals surface area contributed by atoms with Gasteiger partial charge >= 0.3 is 6.09 Å². The van der Waals surface area contributed by atoms with E-state index in [1.165, 1.54) is 0 Å². The third kappa shape index (κ3) is 18.2. The van der Waals surface area contributed by atoms with Crippen LogP contribution in [0.1, 0.15) is 65.1 Å². The Morgan fingerprint density at radius 3 is 1.24 bits per heavy atom. The van der Waals surface area contributed by atoms with Crippen molar-refractivity contribution in [3.63, 3.8) is 0 Å². The van der Waals surface area contributed by atoms with Crippen LogP contribution in [-0.4, -0.2) is 87.3 Å². The minimum absolute atomic E-state index is 0.160. The van der Waals surface area contributed by atoms with E-state index in [4.69, 9.17) is 52.1 Å². The lowest BCUT2D eigenvalue weighted by Gasteiger charge is -2.50. The average molecular weight is 1090 g/mol. The molecule has 2 saturated heterocycles. The van der Waals surface area contributed by atoms with Gasteiger partial charge in [-0.15, -0.1) is 0 Å². The molecule has 0 saturated carbocycles. The summed E-state index contributed by atoms with van der Waals surface area (Å²) in [6.07, 6.45) is -6.22. The molecular weight excluding hydrogens is 1010 g/mol. The van der Waals surface area contributed by atoms with Crippen LogP contribution >= 0.6 is 0 Å². The second-order valence-corrected chi connectivity index (χ2v) is 20.1. The van der Waals surface area contributed by atoms with Gasteiger partial charge in [0, 0.05) is 13.2 Å². The smallest absolute Gasteiger partial charge is 0.407 e. The SMILES string of the molecule is CC1O[C@@H](OC2[C@H](OCCCCCNC(=O)OCc3ccccc3)OC(COCc3ccccc3)[C@H](OCc3ccccc3)[C@@H]2OCc2ccccc2)C(OCc2ccccc2)[C@H](OCc2ccccc2)[C@H]1OCc1ccccc1. The number of rotatable bonds is 30. The molecule has 2 aliphatic rings.